The number of amides is 1. The quantitative estimate of drug-likeness (QED) is 0.860. The predicted octanol–water partition coefficient (Wildman–Crippen LogP) is 2.45. The van der Waals surface area contributed by atoms with E-state index in [9.17, 15) is 9.90 Å². The number of carbonyl (C=O) groups is 1. The smallest absolute Gasteiger partial charge is 0.237 e. The number of piperidine rings is 1. The van der Waals surface area contributed by atoms with Crippen LogP contribution in [0, 0.1) is 5.92 Å². The van der Waals surface area contributed by atoms with Crippen LogP contribution in [0.25, 0.3) is 0 Å². The van der Waals surface area contributed by atoms with Crippen molar-refractivity contribution >= 4 is 5.91 Å². The second kappa shape index (κ2) is 8.68. The SMILES string of the molecule is CCOc1ccc(C2CCCN2C(=O)CN2CCC(CO)CC2)cc1. The van der Waals surface area contributed by atoms with E-state index in [1.807, 2.05) is 24.0 Å². The van der Waals surface area contributed by atoms with Crippen molar-refractivity contribution in [1.82, 2.24) is 9.80 Å². The summed E-state index contributed by atoms with van der Waals surface area (Å²) in [6.45, 7) is 6.11. The highest BCUT2D eigenvalue weighted by Gasteiger charge is 2.31. The van der Waals surface area contributed by atoms with E-state index in [0.29, 0.717) is 19.1 Å². The molecule has 0 bridgehead atoms. The minimum atomic E-state index is 0.193. The van der Waals surface area contributed by atoms with E-state index < -0.39 is 0 Å². The van der Waals surface area contributed by atoms with Gasteiger partial charge in [0, 0.05) is 13.2 Å². The van der Waals surface area contributed by atoms with E-state index in [1.165, 1.54) is 5.56 Å². The van der Waals surface area contributed by atoms with Crippen LogP contribution in [-0.4, -0.2) is 60.2 Å². The Hall–Kier alpha value is -1.59. The number of hydrogen-bond acceptors (Lipinski definition) is 4. The normalized spacial score (nSPS) is 22.3. The molecule has 1 N–H and O–H groups in total. The fourth-order valence-electron chi connectivity index (χ4n) is 3.97. The average molecular weight is 346 g/mol. The highest BCUT2D eigenvalue weighted by Crippen LogP contribution is 2.33. The van der Waals surface area contributed by atoms with Gasteiger partial charge >= 0.3 is 0 Å². The van der Waals surface area contributed by atoms with Crippen molar-refractivity contribution in [2.45, 2.75) is 38.6 Å². The van der Waals surface area contributed by atoms with Gasteiger partial charge in [0.2, 0.25) is 5.91 Å². The number of rotatable bonds is 6. The summed E-state index contributed by atoms with van der Waals surface area (Å²) in [7, 11) is 0. The molecule has 138 valence electrons. The molecule has 0 aliphatic carbocycles. The van der Waals surface area contributed by atoms with Crippen molar-refractivity contribution in [3.05, 3.63) is 29.8 Å². The average Bonchev–Trinajstić information content (AvgIpc) is 3.13. The van der Waals surface area contributed by atoms with Gasteiger partial charge in [-0.2, -0.15) is 0 Å². The lowest BCUT2D eigenvalue weighted by molar-refractivity contribution is -0.133. The molecule has 1 aromatic carbocycles. The number of aliphatic hydroxyl groups excluding tert-OH is 1. The Morgan fingerprint density at radius 1 is 1.16 bits per heavy atom. The second-order valence-corrected chi connectivity index (χ2v) is 7.15. The van der Waals surface area contributed by atoms with Crippen molar-refractivity contribution in [2.24, 2.45) is 5.92 Å². The van der Waals surface area contributed by atoms with Crippen molar-refractivity contribution in [2.75, 3.05) is 39.4 Å². The lowest BCUT2D eigenvalue weighted by Gasteiger charge is -2.33. The van der Waals surface area contributed by atoms with E-state index in [0.717, 1.165) is 51.1 Å². The zero-order valence-electron chi connectivity index (χ0n) is 15.2. The van der Waals surface area contributed by atoms with Crippen LogP contribution in [0.4, 0.5) is 0 Å². The van der Waals surface area contributed by atoms with Crippen molar-refractivity contribution in [3.8, 4) is 5.75 Å². The molecule has 2 fully saturated rings. The summed E-state index contributed by atoms with van der Waals surface area (Å²) in [5.74, 6) is 1.53. The van der Waals surface area contributed by atoms with Crippen LogP contribution < -0.4 is 4.74 Å². The van der Waals surface area contributed by atoms with Crippen LogP contribution in [0.2, 0.25) is 0 Å². The standard InChI is InChI=1S/C20H30N2O3/c1-2-25-18-7-5-17(6-8-18)19-4-3-11-22(19)20(24)14-21-12-9-16(15-23)10-13-21/h5-8,16,19,23H,2-4,9-15H2,1H3. The largest absolute Gasteiger partial charge is 0.494 e. The number of benzene rings is 1. The molecule has 5 heteroatoms. The summed E-state index contributed by atoms with van der Waals surface area (Å²) in [5.41, 5.74) is 1.20. The molecule has 3 rings (SSSR count). The number of carbonyl (C=O) groups excluding carboxylic acids is 1. The van der Waals surface area contributed by atoms with Gasteiger partial charge < -0.3 is 14.7 Å². The van der Waals surface area contributed by atoms with Gasteiger partial charge in [-0.1, -0.05) is 12.1 Å². The molecule has 2 heterocycles. The molecule has 0 spiro atoms. The Balaban J connectivity index is 1.58. The molecular weight excluding hydrogens is 316 g/mol. The number of hydrogen-bond donors (Lipinski definition) is 1. The summed E-state index contributed by atoms with van der Waals surface area (Å²) in [6, 6.07) is 8.37. The molecular formula is C20H30N2O3. The zero-order valence-corrected chi connectivity index (χ0v) is 15.2. The van der Waals surface area contributed by atoms with E-state index in [-0.39, 0.29) is 18.6 Å². The third kappa shape index (κ3) is 4.53. The minimum absolute atomic E-state index is 0.193. The first-order valence-electron chi connectivity index (χ1n) is 9.56. The summed E-state index contributed by atoms with van der Waals surface area (Å²) in [6.07, 6.45) is 4.08. The maximum Gasteiger partial charge on any atom is 0.237 e. The molecule has 1 unspecified atom stereocenters. The number of nitrogens with zero attached hydrogens (tertiary/aromatic N) is 2. The second-order valence-electron chi connectivity index (χ2n) is 7.15. The minimum Gasteiger partial charge on any atom is -0.494 e. The van der Waals surface area contributed by atoms with Gasteiger partial charge in [0.1, 0.15) is 5.75 Å². The van der Waals surface area contributed by atoms with Crippen LogP contribution in [0.3, 0.4) is 0 Å². The zero-order chi connectivity index (χ0) is 17.6. The maximum absolute atomic E-state index is 12.8. The van der Waals surface area contributed by atoms with Crippen molar-refractivity contribution in [3.63, 3.8) is 0 Å². The first kappa shape index (κ1) is 18.2. The van der Waals surface area contributed by atoms with Crippen molar-refractivity contribution in [1.29, 1.82) is 0 Å². The Kier molecular flexibility index (Phi) is 6.32. The molecule has 2 aliphatic heterocycles. The number of ether oxygens (including phenoxy) is 1. The number of likely N-dealkylation sites (tertiary alicyclic amines) is 2. The van der Waals surface area contributed by atoms with Crippen LogP contribution in [0.1, 0.15) is 44.2 Å². The van der Waals surface area contributed by atoms with Gasteiger partial charge in [-0.15, -0.1) is 0 Å². The first-order valence-corrected chi connectivity index (χ1v) is 9.56. The van der Waals surface area contributed by atoms with Gasteiger partial charge in [-0.25, -0.2) is 0 Å². The van der Waals surface area contributed by atoms with Gasteiger partial charge in [-0.3, -0.25) is 9.69 Å². The Morgan fingerprint density at radius 2 is 1.88 bits per heavy atom. The van der Waals surface area contributed by atoms with Crippen LogP contribution in [0.15, 0.2) is 24.3 Å². The van der Waals surface area contributed by atoms with Crippen LogP contribution in [0.5, 0.6) is 5.75 Å². The Bertz CT molecular complexity index is 553. The van der Waals surface area contributed by atoms with Gasteiger partial charge in [-0.05, 0) is 69.3 Å². The summed E-state index contributed by atoms with van der Waals surface area (Å²) < 4.78 is 5.51. The van der Waals surface area contributed by atoms with E-state index >= 15 is 0 Å². The molecule has 0 radical (unpaired) electrons. The first-order chi connectivity index (χ1) is 12.2. The highest BCUT2D eigenvalue weighted by molar-refractivity contribution is 5.79. The third-order valence-corrected chi connectivity index (χ3v) is 5.47. The molecule has 25 heavy (non-hydrogen) atoms. The topological polar surface area (TPSA) is 53.0 Å². The molecule has 5 nitrogen and oxygen atoms in total. The monoisotopic (exact) mass is 346 g/mol. The molecule has 2 aliphatic rings. The summed E-state index contributed by atoms with van der Waals surface area (Å²) in [5, 5.41) is 9.24. The lowest BCUT2D eigenvalue weighted by Crippen LogP contribution is -2.43. The van der Waals surface area contributed by atoms with E-state index in [1.54, 1.807) is 0 Å². The molecule has 1 amide bonds. The fraction of sp³-hybridized carbons (Fsp3) is 0.650. The molecule has 1 atom stereocenters. The van der Waals surface area contributed by atoms with Gasteiger partial charge in [0.15, 0.2) is 0 Å². The molecule has 0 aromatic heterocycles. The fourth-order valence-corrected chi connectivity index (χ4v) is 3.97. The maximum atomic E-state index is 12.8. The van der Waals surface area contributed by atoms with Gasteiger partial charge in [0.05, 0.1) is 19.2 Å². The van der Waals surface area contributed by atoms with E-state index in [4.69, 9.17) is 4.74 Å². The lowest BCUT2D eigenvalue weighted by atomic mass is 9.98. The third-order valence-electron chi connectivity index (χ3n) is 5.47. The molecule has 1 aromatic rings. The molecule has 2 saturated heterocycles. The van der Waals surface area contributed by atoms with Gasteiger partial charge in [0.25, 0.3) is 0 Å². The molecule has 0 saturated carbocycles. The highest BCUT2D eigenvalue weighted by atomic mass is 16.5. The Morgan fingerprint density at radius 3 is 2.52 bits per heavy atom. The van der Waals surface area contributed by atoms with Crippen LogP contribution >= 0.6 is 0 Å². The van der Waals surface area contributed by atoms with Crippen molar-refractivity contribution < 1.29 is 14.6 Å². The Labute approximate surface area is 150 Å². The summed E-state index contributed by atoms with van der Waals surface area (Å²) in [4.78, 5) is 17.1. The predicted molar refractivity (Wildman–Crippen MR) is 97.5 cm³/mol. The summed E-state index contributed by atoms with van der Waals surface area (Å²) >= 11 is 0. The number of aliphatic hydroxyl groups is 1. The van der Waals surface area contributed by atoms with E-state index in [2.05, 4.69) is 17.0 Å². The van der Waals surface area contributed by atoms with Crippen LogP contribution in [-0.2, 0) is 4.79 Å².